The van der Waals surface area contributed by atoms with Gasteiger partial charge in [-0.1, -0.05) is 41.5 Å². The van der Waals surface area contributed by atoms with Crippen LogP contribution in [-0.2, 0) is 18.7 Å². The minimum atomic E-state index is -1.77. The van der Waals surface area contributed by atoms with Gasteiger partial charge in [0.05, 0.1) is 13.2 Å². The average molecular weight is 506 g/mol. The zero-order valence-corrected chi connectivity index (χ0v) is 24.8. The highest BCUT2D eigenvalue weighted by Gasteiger charge is 2.64. The van der Waals surface area contributed by atoms with Crippen LogP contribution in [0.1, 0.15) is 94.3 Å². The Kier molecular flexibility index (Phi) is 6.19. The summed E-state index contributed by atoms with van der Waals surface area (Å²) in [6.07, 6.45) is 7.39. The molecule has 0 bridgehead atoms. The SMILES string of the molecule is [2H][C@@]12CC(=O)C3C4CC[C@H]([C@H](C)CO[Si](C)(C)C(C)(C)C)[C@@]4(C)CCC3[C@@]1(C)CCC1(C2)OCCO1. The Morgan fingerprint density at radius 3 is 2.37 bits per heavy atom. The predicted molar refractivity (Wildman–Crippen MR) is 143 cm³/mol. The molecule has 1 spiro atoms. The molecule has 4 saturated carbocycles. The number of ether oxygens (including phenoxy) is 2. The molecule has 1 aliphatic heterocycles. The van der Waals surface area contributed by atoms with Gasteiger partial charge in [-0.15, -0.1) is 0 Å². The van der Waals surface area contributed by atoms with Crippen LogP contribution in [0.25, 0.3) is 0 Å². The summed E-state index contributed by atoms with van der Waals surface area (Å²) in [5.41, 5.74) is 0.0710. The maximum Gasteiger partial charge on any atom is 0.191 e. The molecule has 1 saturated heterocycles. The van der Waals surface area contributed by atoms with Gasteiger partial charge in [-0.2, -0.15) is 0 Å². The second kappa shape index (κ2) is 8.64. The minimum absolute atomic E-state index is 0.130. The third-order valence-corrected chi connectivity index (χ3v) is 16.8. The van der Waals surface area contributed by atoms with E-state index in [-0.39, 0.29) is 21.8 Å². The number of Topliss-reactive ketones (excluding diaryl/α,β-unsaturated/α-hetero) is 1. The predicted octanol–water partition coefficient (Wildman–Crippen LogP) is 7.23. The average Bonchev–Trinajstić information content (AvgIpc) is 3.36. The molecule has 35 heavy (non-hydrogen) atoms. The molecular weight excluding hydrogens is 452 g/mol. The van der Waals surface area contributed by atoms with E-state index in [1.165, 1.54) is 12.8 Å². The van der Waals surface area contributed by atoms with Gasteiger partial charge in [0.2, 0.25) is 0 Å². The van der Waals surface area contributed by atoms with Gasteiger partial charge >= 0.3 is 0 Å². The van der Waals surface area contributed by atoms with Crippen molar-refractivity contribution in [2.45, 2.75) is 117 Å². The quantitative estimate of drug-likeness (QED) is 0.378. The van der Waals surface area contributed by atoms with Gasteiger partial charge in [0, 0.05) is 33.2 Å². The van der Waals surface area contributed by atoms with E-state index in [4.69, 9.17) is 13.9 Å². The van der Waals surface area contributed by atoms with Gasteiger partial charge in [0.1, 0.15) is 5.78 Å². The van der Waals surface area contributed by atoms with Crippen molar-refractivity contribution in [3.8, 4) is 0 Å². The van der Waals surface area contributed by atoms with Crippen molar-refractivity contribution in [1.82, 2.24) is 0 Å². The standard InChI is InChI=1S/C30H52O4Si/c1-20(19-34-35(7,8)27(2,3)4)22-9-10-23-26-24(11-12-29(22,23)6)28(5)13-14-30(32-15-16-33-30)18-21(28)17-25(26)31/h20-24,26H,9-19H2,1-8H3/t20-,21+,22-,23?,24?,26?,28+,29-/m1/s1/i21D. The summed E-state index contributed by atoms with van der Waals surface area (Å²) in [6.45, 7) is 21.0. The van der Waals surface area contributed by atoms with Crippen LogP contribution in [0.4, 0.5) is 0 Å². The number of ketones is 1. The summed E-state index contributed by atoms with van der Waals surface area (Å²) in [4.78, 5) is 13.9. The summed E-state index contributed by atoms with van der Waals surface area (Å²) in [5.74, 6) is 1.02. The number of carbonyl (C=O) groups excluding carboxylic acids is 1. The smallest absolute Gasteiger partial charge is 0.191 e. The molecule has 4 aliphatic carbocycles. The lowest BCUT2D eigenvalue weighted by molar-refractivity contribution is -0.227. The lowest BCUT2D eigenvalue weighted by atomic mass is 9.44. The van der Waals surface area contributed by atoms with Crippen molar-refractivity contribution < 1.29 is 20.1 Å². The molecule has 0 aromatic carbocycles. The van der Waals surface area contributed by atoms with E-state index in [1.807, 2.05) is 0 Å². The lowest BCUT2D eigenvalue weighted by Crippen LogP contribution is -2.59. The Bertz CT molecular complexity index is 879. The highest BCUT2D eigenvalue weighted by Crippen LogP contribution is 2.68. The molecule has 1 heterocycles. The monoisotopic (exact) mass is 505 g/mol. The summed E-state index contributed by atoms with van der Waals surface area (Å²) in [6, 6.07) is 0. The number of hydrogen-bond donors (Lipinski definition) is 0. The number of carbonyl (C=O) groups is 1. The number of rotatable bonds is 4. The van der Waals surface area contributed by atoms with Crippen molar-refractivity contribution in [2.24, 2.45) is 46.3 Å². The van der Waals surface area contributed by atoms with Crippen molar-refractivity contribution in [3.05, 3.63) is 0 Å². The van der Waals surface area contributed by atoms with Crippen LogP contribution < -0.4 is 0 Å². The van der Waals surface area contributed by atoms with Crippen LogP contribution in [0.5, 0.6) is 0 Å². The first-order valence-electron chi connectivity index (χ1n) is 15.0. The molecule has 5 rings (SSSR count). The zero-order valence-electron chi connectivity index (χ0n) is 24.8. The van der Waals surface area contributed by atoms with Crippen molar-refractivity contribution in [1.29, 1.82) is 0 Å². The van der Waals surface area contributed by atoms with Crippen LogP contribution in [-0.4, -0.2) is 39.7 Å². The second-order valence-corrected chi connectivity index (χ2v) is 19.8. The van der Waals surface area contributed by atoms with Crippen LogP contribution >= 0.6 is 0 Å². The summed E-state index contributed by atoms with van der Waals surface area (Å²) in [5, 5.41) is 0.229. The summed E-state index contributed by atoms with van der Waals surface area (Å²) < 4.78 is 28.4. The molecular formula is C30H52O4Si. The van der Waals surface area contributed by atoms with Crippen LogP contribution in [0, 0.1) is 46.3 Å². The third-order valence-electron chi connectivity index (χ3n) is 12.3. The minimum Gasteiger partial charge on any atom is -0.417 e. The topological polar surface area (TPSA) is 44.8 Å². The molecule has 200 valence electrons. The molecule has 0 N–H and O–H groups in total. The van der Waals surface area contributed by atoms with Gasteiger partial charge in [-0.25, -0.2) is 0 Å². The van der Waals surface area contributed by atoms with E-state index in [0.29, 0.717) is 55.5 Å². The van der Waals surface area contributed by atoms with Crippen LogP contribution in [0.3, 0.4) is 0 Å². The summed E-state index contributed by atoms with van der Waals surface area (Å²) >= 11 is 0. The lowest BCUT2D eigenvalue weighted by Gasteiger charge is -2.61. The largest absolute Gasteiger partial charge is 0.417 e. The third kappa shape index (κ3) is 4.14. The first-order valence-corrected chi connectivity index (χ1v) is 17.4. The van der Waals surface area contributed by atoms with Gasteiger partial charge in [-0.05, 0) is 90.6 Å². The molecule has 0 aromatic rings. The summed E-state index contributed by atoms with van der Waals surface area (Å²) in [7, 11) is -1.77. The number of fused-ring (bicyclic) bond motifs is 5. The van der Waals surface area contributed by atoms with Gasteiger partial charge < -0.3 is 13.9 Å². The molecule has 4 nitrogen and oxygen atoms in total. The molecule has 3 unspecified atom stereocenters. The van der Waals surface area contributed by atoms with E-state index in [0.717, 1.165) is 32.3 Å². The molecule has 8 atom stereocenters. The molecule has 0 aromatic heterocycles. The van der Waals surface area contributed by atoms with Crippen molar-refractivity contribution in [2.75, 3.05) is 19.8 Å². The van der Waals surface area contributed by atoms with Gasteiger partial charge in [0.25, 0.3) is 0 Å². The fourth-order valence-corrected chi connectivity index (χ4v) is 10.1. The Balaban J connectivity index is 1.34. The van der Waals surface area contributed by atoms with E-state index >= 15 is 0 Å². The van der Waals surface area contributed by atoms with E-state index < -0.39 is 20.0 Å². The molecule has 5 fully saturated rings. The highest BCUT2D eigenvalue weighted by molar-refractivity contribution is 6.74. The van der Waals surface area contributed by atoms with Gasteiger partial charge in [-0.3, -0.25) is 4.79 Å². The van der Waals surface area contributed by atoms with E-state index in [9.17, 15) is 6.17 Å². The Hall–Kier alpha value is -0.233. The van der Waals surface area contributed by atoms with Crippen molar-refractivity contribution >= 4 is 14.1 Å². The fraction of sp³-hybridized carbons (Fsp3) is 0.967. The zero-order chi connectivity index (χ0) is 26.4. The molecule has 0 radical (unpaired) electrons. The fourth-order valence-electron chi connectivity index (χ4n) is 8.98. The van der Waals surface area contributed by atoms with Gasteiger partial charge in [0.15, 0.2) is 14.1 Å². The van der Waals surface area contributed by atoms with Crippen LogP contribution in [0.2, 0.25) is 18.1 Å². The number of hydrogen-bond acceptors (Lipinski definition) is 4. The van der Waals surface area contributed by atoms with Crippen molar-refractivity contribution in [3.63, 3.8) is 0 Å². The maximum absolute atomic E-state index is 13.9. The second-order valence-electron chi connectivity index (χ2n) is 15.0. The van der Waals surface area contributed by atoms with Crippen LogP contribution in [0.15, 0.2) is 0 Å². The molecule has 0 amide bonds. The highest BCUT2D eigenvalue weighted by atomic mass is 28.4. The molecule has 5 aliphatic rings. The van der Waals surface area contributed by atoms with E-state index in [1.54, 1.807) is 0 Å². The molecule has 5 heteroatoms. The Labute approximate surface area is 217 Å². The first-order chi connectivity index (χ1) is 16.6. The maximum atomic E-state index is 13.9. The Morgan fingerprint density at radius 2 is 1.71 bits per heavy atom. The first kappa shape index (κ1) is 25.1. The Morgan fingerprint density at radius 1 is 1.06 bits per heavy atom. The normalized spacial score (nSPS) is 46.6. The van der Waals surface area contributed by atoms with E-state index in [2.05, 4.69) is 54.6 Å².